The standard InChI is InChI=1S/C12H13N3O4/c1-12(2,10(17)18)9(16)13-6-3-4-7-8(5-6)15-11(19)14-7/h3-5H,1-2H3,(H,13,16)(H,17,18)(H2,14,15,19). The van der Waals surface area contributed by atoms with Crippen LogP contribution in [0.15, 0.2) is 23.0 Å². The minimum Gasteiger partial charge on any atom is -0.480 e. The van der Waals surface area contributed by atoms with Crippen molar-refractivity contribution < 1.29 is 14.7 Å². The molecule has 0 aliphatic heterocycles. The van der Waals surface area contributed by atoms with Crippen molar-refractivity contribution in [3.05, 3.63) is 28.7 Å². The monoisotopic (exact) mass is 263 g/mol. The number of imidazole rings is 1. The summed E-state index contributed by atoms with van der Waals surface area (Å²) in [6.45, 7) is 2.64. The molecule has 0 saturated carbocycles. The predicted octanol–water partition coefficient (Wildman–Crippen LogP) is 0.905. The highest BCUT2D eigenvalue weighted by Crippen LogP contribution is 2.20. The molecule has 7 nitrogen and oxygen atoms in total. The molecule has 0 bridgehead atoms. The Balaban J connectivity index is 2.28. The molecule has 2 rings (SSSR count). The summed E-state index contributed by atoms with van der Waals surface area (Å²) < 4.78 is 0. The number of carboxylic acid groups (broad SMARTS) is 1. The third-order valence-electron chi connectivity index (χ3n) is 2.88. The number of carbonyl (C=O) groups is 2. The summed E-state index contributed by atoms with van der Waals surface area (Å²) in [6, 6.07) is 4.77. The Morgan fingerprint density at radius 2 is 1.84 bits per heavy atom. The van der Waals surface area contributed by atoms with E-state index < -0.39 is 17.3 Å². The first-order chi connectivity index (χ1) is 8.80. The van der Waals surface area contributed by atoms with Crippen molar-refractivity contribution in [1.29, 1.82) is 0 Å². The molecule has 0 radical (unpaired) electrons. The van der Waals surface area contributed by atoms with Crippen LogP contribution in [0, 0.1) is 5.41 Å². The number of rotatable bonds is 3. The van der Waals surface area contributed by atoms with Crippen LogP contribution in [0.4, 0.5) is 5.69 Å². The smallest absolute Gasteiger partial charge is 0.323 e. The lowest BCUT2D eigenvalue weighted by Gasteiger charge is -2.18. The summed E-state index contributed by atoms with van der Waals surface area (Å²) in [4.78, 5) is 39.0. The van der Waals surface area contributed by atoms with Gasteiger partial charge in [0, 0.05) is 5.69 Å². The minimum absolute atomic E-state index is 0.343. The minimum atomic E-state index is -1.53. The lowest BCUT2D eigenvalue weighted by molar-refractivity contribution is -0.151. The molecular weight excluding hydrogens is 250 g/mol. The molecule has 0 spiro atoms. The number of aromatic nitrogens is 2. The SMILES string of the molecule is CC(C)(C(=O)O)C(=O)Nc1ccc2[nH]c(=O)[nH]c2c1. The third-order valence-corrected chi connectivity index (χ3v) is 2.88. The van der Waals surface area contributed by atoms with E-state index in [0.29, 0.717) is 16.7 Å². The van der Waals surface area contributed by atoms with E-state index in [1.165, 1.54) is 13.8 Å². The molecule has 1 heterocycles. The van der Waals surface area contributed by atoms with Gasteiger partial charge in [0.05, 0.1) is 11.0 Å². The van der Waals surface area contributed by atoms with Crippen LogP contribution in [0.2, 0.25) is 0 Å². The number of carboxylic acids is 1. The number of fused-ring (bicyclic) bond motifs is 1. The largest absolute Gasteiger partial charge is 0.480 e. The van der Waals surface area contributed by atoms with Crippen molar-refractivity contribution in [2.24, 2.45) is 5.41 Å². The first-order valence-electron chi connectivity index (χ1n) is 5.57. The topological polar surface area (TPSA) is 115 Å². The number of amides is 1. The van der Waals surface area contributed by atoms with E-state index in [1.807, 2.05) is 0 Å². The van der Waals surface area contributed by atoms with E-state index in [9.17, 15) is 14.4 Å². The Hall–Kier alpha value is -2.57. The van der Waals surface area contributed by atoms with E-state index >= 15 is 0 Å². The van der Waals surface area contributed by atoms with Crippen molar-refractivity contribution in [1.82, 2.24) is 9.97 Å². The second-order valence-electron chi connectivity index (χ2n) is 4.72. The fourth-order valence-electron chi connectivity index (χ4n) is 1.49. The average Bonchev–Trinajstić information content (AvgIpc) is 2.68. The molecule has 0 atom stereocenters. The predicted molar refractivity (Wildman–Crippen MR) is 69.0 cm³/mol. The van der Waals surface area contributed by atoms with Crippen molar-refractivity contribution in [3.63, 3.8) is 0 Å². The molecule has 0 unspecified atom stereocenters. The summed E-state index contributed by atoms with van der Waals surface area (Å²) in [5, 5.41) is 11.5. The fourth-order valence-corrected chi connectivity index (χ4v) is 1.49. The van der Waals surface area contributed by atoms with Crippen LogP contribution in [0.25, 0.3) is 11.0 Å². The molecule has 0 aliphatic carbocycles. The number of hydrogen-bond acceptors (Lipinski definition) is 3. The Kier molecular flexibility index (Phi) is 2.89. The Bertz CT molecular complexity index is 711. The van der Waals surface area contributed by atoms with Crippen molar-refractivity contribution in [2.75, 3.05) is 5.32 Å². The normalized spacial score (nSPS) is 11.5. The highest BCUT2D eigenvalue weighted by molar-refractivity contribution is 6.08. The average molecular weight is 263 g/mol. The maximum Gasteiger partial charge on any atom is 0.323 e. The summed E-state index contributed by atoms with van der Waals surface area (Å²) in [7, 11) is 0. The van der Waals surface area contributed by atoms with Crippen molar-refractivity contribution in [2.45, 2.75) is 13.8 Å². The number of hydrogen-bond donors (Lipinski definition) is 4. The molecule has 0 saturated heterocycles. The third kappa shape index (κ3) is 2.35. The molecule has 0 fully saturated rings. The summed E-state index contributed by atoms with van der Waals surface area (Å²) in [5.41, 5.74) is -0.302. The zero-order valence-electron chi connectivity index (χ0n) is 10.4. The van der Waals surface area contributed by atoms with Gasteiger partial charge < -0.3 is 20.4 Å². The molecule has 4 N–H and O–H groups in total. The van der Waals surface area contributed by atoms with Gasteiger partial charge in [-0.05, 0) is 32.0 Å². The number of aliphatic carboxylic acids is 1. The van der Waals surface area contributed by atoms with E-state index in [4.69, 9.17) is 5.11 Å². The number of anilines is 1. The van der Waals surface area contributed by atoms with E-state index in [-0.39, 0.29) is 5.69 Å². The Morgan fingerprint density at radius 1 is 1.21 bits per heavy atom. The molecule has 2 aromatic rings. The van der Waals surface area contributed by atoms with Gasteiger partial charge >= 0.3 is 11.7 Å². The number of nitrogens with one attached hydrogen (secondary N) is 3. The fraction of sp³-hybridized carbons (Fsp3) is 0.250. The highest BCUT2D eigenvalue weighted by atomic mass is 16.4. The van der Waals surface area contributed by atoms with Gasteiger partial charge in [-0.2, -0.15) is 0 Å². The Morgan fingerprint density at radius 3 is 2.47 bits per heavy atom. The van der Waals surface area contributed by atoms with Crippen LogP contribution in [0.3, 0.4) is 0 Å². The van der Waals surface area contributed by atoms with Crippen LogP contribution in [-0.4, -0.2) is 27.0 Å². The number of H-pyrrole nitrogens is 2. The number of carbonyl (C=O) groups excluding carboxylic acids is 1. The zero-order chi connectivity index (χ0) is 14.2. The molecule has 1 aromatic heterocycles. The second kappa shape index (κ2) is 4.27. The maximum atomic E-state index is 11.8. The van der Waals surface area contributed by atoms with Crippen LogP contribution in [0.5, 0.6) is 0 Å². The van der Waals surface area contributed by atoms with Crippen LogP contribution in [-0.2, 0) is 9.59 Å². The first-order valence-corrected chi connectivity index (χ1v) is 5.57. The van der Waals surface area contributed by atoms with Gasteiger partial charge in [-0.1, -0.05) is 0 Å². The maximum absolute atomic E-state index is 11.8. The van der Waals surface area contributed by atoms with Gasteiger partial charge in [0.15, 0.2) is 0 Å². The zero-order valence-corrected chi connectivity index (χ0v) is 10.4. The lowest BCUT2D eigenvalue weighted by atomic mass is 9.92. The summed E-state index contributed by atoms with van der Waals surface area (Å²) in [5.74, 6) is -1.83. The highest BCUT2D eigenvalue weighted by Gasteiger charge is 2.36. The summed E-state index contributed by atoms with van der Waals surface area (Å²) in [6.07, 6.45) is 0. The van der Waals surface area contributed by atoms with Gasteiger partial charge in [-0.3, -0.25) is 9.59 Å². The van der Waals surface area contributed by atoms with Crippen molar-refractivity contribution >= 4 is 28.6 Å². The van der Waals surface area contributed by atoms with Crippen LogP contribution in [0.1, 0.15) is 13.8 Å². The van der Waals surface area contributed by atoms with Gasteiger partial charge in [-0.25, -0.2) is 4.79 Å². The van der Waals surface area contributed by atoms with E-state index in [0.717, 1.165) is 0 Å². The molecule has 1 aromatic carbocycles. The van der Waals surface area contributed by atoms with Crippen molar-refractivity contribution in [3.8, 4) is 0 Å². The summed E-state index contributed by atoms with van der Waals surface area (Å²) >= 11 is 0. The Labute approximate surface area is 107 Å². The lowest BCUT2D eigenvalue weighted by Crippen LogP contribution is -2.37. The molecule has 19 heavy (non-hydrogen) atoms. The number of benzene rings is 1. The van der Waals surface area contributed by atoms with E-state index in [1.54, 1.807) is 18.2 Å². The van der Waals surface area contributed by atoms with Gasteiger partial charge in [0.2, 0.25) is 5.91 Å². The molecule has 0 aliphatic rings. The number of aromatic amines is 2. The second-order valence-corrected chi connectivity index (χ2v) is 4.72. The molecule has 7 heteroatoms. The molecule has 1 amide bonds. The van der Waals surface area contributed by atoms with Gasteiger partial charge in [0.1, 0.15) is 5.41 Å². The van der Waals surface area contributed by atoms with Gasteiger partial charge in [0.25, 0.3) is 0 Å². The molecular formula is C12H13N3O4. The quantitative estimate of drug-likeness (QED) is 0.616. The van der Waals surface area contributed by atoms with Crippen LogP contribution >= 0.6 is 0 Å². The van der Waals surface area contributed by atoms with Crippen LogP contribution < -0.4 is 11.0 Å². The first kappa shape index (κ1) is 12.9. The van der Waals surface area contributed by atoms with Gasteiger partial charge in [-0.15, -0.1) is 0 Å². The molecule has 100 valence electrons. The van der Waals surface area contributed by atoms with E-state index in [2.05, 4.69) is 15.3 Å².